The van der Waals surface area contributed by atoms with E-state index in [1.165, 1.54) is 34.0 Å². The number of halogens is 1. The Morgan fingerprint density at radius 3 is 3.00 bits per heavy atom. The van der Waals surface area contributed by atoms with Gasteiger partial charge in [-0.3, -0.25) is 0 Å². The van der Waals surface area contributed by atoms with E-state index >= 15 is 0 Å². The van der Waals surface area contributed by atoms with Gasteiger partial charge in [0.25, 0.3) is 0 Å². The first kappa shape index (κ1) is 9.01. The van der Waals surface area contributed by atoms with Crippen LogP contribution in [0.15, 0.2) is 28.7 Å². The van der Waals surface area contributed by atoms with Gasteiger partial charge in [0.2, 0.25) is 0 Å². The molecule has 1 aliphatic carbocycles. The summed E-state index contributed by atoms with van der Waals surface area (Å²) in [6, 6.07) is 6.59. The first-order valence-corrected chi connectivity index (χ1v) is 5.58. The van der Waals surface area contributed by atoms with E-state index in [1.807, 2.05) is 0 Å². The van der Waals surface area contributed by atoms with Crippen molar-refractivity contribution in [3.8, 4) is 0 Å². The molecule has 0 radical (unpaired) electrons. The van der Waals surface area contributed by atoms with Crippen molar-refractivity contribution in [2.75, 3.05) is 0 Å². The maximum atomic E-state index is 3.52. The molecule has 0 spiro atoms. The van der Waals surface area contributed by atoms with Crippen molar-refractivity contribution >= 4 is 21.5 Å². The fraction of sp³-hybridized carbons (Fsp3) is 0.333. The highest BCUT2D eigenvalue weighted by Gasteiger charge is 2.12. The number of allylic oxidation sites excluding steroid dienone is 2. The lowest BCUT2D eigenvalue weighted by atomic mass is 10.0. The summed E-state index contributed by atoms with van der Waals surface area (Å²) in [5, 5.41) is 0. The molecule has 0 aromatic heterocycles. The third-order valence-electron chi connectivity index (χ3n) is 2.51. The van der Waals surface area contributed by atoms with Gasteiger partial charge in [0.1, 0.15) is 0 Å². The Balaban J connectivity index is 2.36. The van der Waals surface area contributed by atoms with Crippen LogP contribution < -0.4 is 0 Å². The lowest BCUT2D eigenvalue weighted by Gasteiger charge is -2.04. The molecule has 0 saturated carbocycles. The molecule has 0 nitrogen and oxygen atoms in total. The molecule has 68 valence electrons. The monoisotopic (exact) mass is 236 g/mol. The highest BCUT2D eigenvalue weighted by atomic mass is 79.9. The number of benzene rings is 1. The topological polar surface area (TPSA) is 0 Å². The maximum absolute atomic E-state index is 3.52. The summed E-state index contributed by atoms with van der Waals surface area (Å²) >= 11 is 3.52. The molecular weight excluding hydrogens is 224 g/mol. The Labute approximate surface area is 87.8 Å². The molecule has 0 N–H and O–H groups in total. The molecule has 0 heterocycles. The number of hydrogen-bond acceptors (Lipinski definition) is 0. The molecule has 0 amide bonds. The van der Waals surface area contributed by atoms with E-state index in [4.69, 9.17) is 0 Å². The summed E-state index contributed by atoms with van der Waals surface area (Å²) in [5.41, 5.74) is 4.46. The summed E-state index contributed by atoms with van der Waals surface area (Å²) in [4.78, 5) is 0. The van der Waals surface area contributed by atoms with Gasteiger partial charge in [0.05, 0.1) is 0 Å². The highest BCUT2D eigenvalue weighted by Crippen LogP contribution is 2.32. The third-order valence-corrected chi connectivity index (χ3v) is 3.00. The normalized spacial score (nSPS) is 14.2. The average molecular weight is 237 g/mol. The summed E-state index contributed by atoms with van der Waals surface area (Å²) in [6.07, 6.45) is 5.93. The molecule has 0 aliphatic heterocycles. The van der Waals surface area contributed by atoms with E-state index in [2.05, 4.69) is 47.1 Å². The van der Waals surface area contributed by atoms with Crippen molar-refractivity contribution in [3.05, 3.63) is 39.9 Å². The van der Waals surface area contributed by atoms with Crippen LogP contribution in [0.3, 0.4) is 0 Å². The summed E-state index contributed by atoms with van der Waals surface area (Å²) in [6.45, 7) is 2.23. The molecule has 1 aromatic rings. The van der Waals surface area contributed by atoms with Crippen molar-refractivity contribution in [2.45, 2.75) is 26.2 Å². The van der Waals surface area contributed by atoms with E-state index in [0.29, 0.717) is 0 Å². The average Bonchev–Trinajstić information content (AvgIpc) is 2.49. The Kier molecular flexibility index (Phi) is 2.54. The number of fused-ring (bicyclic) bond motifs is 1. The molecule has 13 heavy (non-hydrogen) atoms. The first-order chi connectivity index (χ1) is 6.31. The largest absolute Gasteiger partial charge is 0.0763 e. The Morgan fingerprint density at radius 2 is 2.23 bits per heavy atom. The Bertz CT molecular complexity index is 350. The van der Waals surface area contributed by atoms with Gasteiger partial charge in [0.15, 0.2) is 0 Å². The van der Waals surface area contributed by atoms with Crippen molar-refractivity contribution in [1.82, 2.24) is 0 Å². The van der Waals surface area contributed by atoms with Gasteiger partial charge in [-0.1, -0.05) is 41.4 Å². The number of rotatable bonds is 2. The second kappa shape index (κ2) is 3.67. The lowest BCUT2D eigenvalue weighted by Crippen LogP contribution is -1.84. The molecule has 2 rings (SSSR count). The Morgan fingerprint density at radius 1 is 1.38 bits per heavy atom. The second-order valence-electron chi connectivity index (χ2n) is 3.48. The zero-order chi connectivity index (χ0) is 9.26. The first-order valence-electron chi connectivity index (χ1n) is 4.79. The standard InChI is InChI=1S/C12H13Br/c1-2-3-9-4-5-10-6-7-11(13)8-12(9)10/h4,6-8H,2-3,5H2,1H3. The molecule has 1 aromatic carbocycles. The minimum Gasteiger partial charge on any atom is -0.0763 e. The van der Waals surface area contributed by atoms with Gasteiger partial charge in [-0.2, -0.15) is 0 Å². The predicted molar refractivity (Wildman–Crippen MR) is 60.7 cm³/mol. The van der Waals surface area contributed by atoms with Gasteiger partial charge >= 0.3 is 0 Å². The summed E-state index contributed by atoms with van der Waals surface area (Å²) in [5.74, 6) is 0. The Hall–Kier alpha value is -0.560. The van der Waals surface area contributed by atoms with E-state index in [9.17, 15) is 0 Å². The van der Waals surface area contributed by atoms with Crippen LogP contribution in [0.5, 0.6) is 0 Å². The van der Waals surface area contributed by atoms with Crippen molar-refractivity contribution in [3.63, 3.8) is 0 Å². The maximum Gasteiger partial charge on any atom is 0.0181 e. The molecule has 0 unspecified atom stereocenters. The minimum absolute atomic E-state index is 1.12. The SMILES string of the molecule is CCCC1=CCc2ccc(Br)cc21. The molecule has 0 saturated heterocycles. The van der Waals surface area contributed by atoms with Crippen LogP contribution in [-0.2, 0) is 6.42 Å². The molecule has 1 heteroatoms. The van der Waals surface area contributed by atoms with Crippen LogP contribution in [0.4, 0.5) is 0 Å². The molecule has 0 atom stereocenters. The van der Waals surface area contributed by atoms with Crippen molar-refractivity contribution in [2.24, 2.45) is 0 Å². The molecular formula is C12H13Br. The number of hydrogen-bond donors (Lipinski definition) is 0. The zero-order valence-corrected chi connectivity index (χ0v) is 9.39. The van der Waals surface area contributed by atoms with Crippen LogP contribution >= 0.6 is 15.9 Å². The van der Waals surface area contributed by atoms with Crippen molar-refractivity contribution < 1.29 is 0 Å². The lowest BCUT2D eigenvalue weighted by molar-refractivity contribution is 0.975. The quantitative estimate of drug-likeness (QED) is 0.723. The van der Waals surface area contributed by atoms with Gasteiger partial charge in [-0.05, 0) is 41.7 Å². The summed E-state index contributed by atoms with van der Waals surface area (Å²) < 4.78 is 1.19. The van der Waals surface area contributed by atoms with Crippen LogP contribution in [-0.4, -0.2) is 0 Å². The molecule has 1 aliphatic rings. The van der Waals surface area contributed by atoms with E-state index < -0.39 is 0 Å². The van der Waals surface area contributed by atoms with E-state index in [-0.39, 0.29) is 0 Å². The third kappa shape index (κ3) is 1.71. The van der Waals surface area contributed by atoms with Crippen LogP contribution in [0.1, 0.15) is 30.9 Å². The highest BCUT2D eigenvalue weighted by molar-refractivity contribution is 9.10. The van der Waals surface area contributed by atoms with Gasteiger partial charge < -0.3 is 0 Å². The van der Waals surface area contributed by atoms with Gasteiger partial charge in [0, 0.05) is 4.47 Å². The molecule has 0 fully saturated rings. The smallest absolute Gasteiger partial charge is 0.0181 e. The predicted octanol–water partition coefficient (Wildman–Crippen LogP) is 4.19. The second-order valence-corrected chi connectivity index (χ2v) is 4.40. The van der Waals surface area contributed by atoms with Crippen LogP contribution in [0.2, 0.25) is 0 Å². The van der Waals surface area contributed by atoms with Crippen LogP contribution in [0, 0.1) is 0 Å². The zero-order valence-electron chi connectivity index (χ0n) is 7.81. The van der Waals surface area contributed by atoms with E-state index in [1.54, 1.807) is 0 Å². The fourth-order valence-electron chi connectivity index (χ4n) is 1.87. The minimum atomic E-state index is 1.12. The van der Waals surface area contributed by atoms with Crippen molar-refractivity contribution in [1.29, 1.82) is 0 Å². The van der Waals surface area contributed by atoms with Gasteiger partial charge in [-0.25, -0.2) is 0 Å². The summed E-state index contributed by atoms with van der Waals surface area (Å²) in [7, 11) is 0. The van der Waals surface area contributed by atoms with Crippen LogP contribution in [0.25, 0.3) is 5.57 Å². The van der Waals surface area contributed by atoms with E-state index in [0.717, 1.165) is 6.42 Å². The van der Waals surface area contributed by atoms with Gasteiger partial charge in [-0.15, -0.1) is 0 Å². The fourth-order valence-corrected chi connectivity index (χ4v) is 2.24. The molecule has 0 bridgehead atoms.